The number of anilines is 1. The van der Waals surface area contributed by atoms with Gasteiger partial charge in [-0.15, -0.1) is 0 Å². The molecular formula is C22H27N3O2. The van der Waals surface area contributed by atoms with Gasteiger partial charge in [0, 0.05) is 38.3 Å². The molecule has 27 heavy (non-hydrogen) atoms. The topological polar surface area (TPSA) is 66.6 Å². The van der Waals surface area contributed by atoms with Gasteiger partial charge in [0.2, 0.25) is 5.91 Å². The van der Waals surface area contributed by atoms with Gasteiger partial charge in [-0.3, -0.25) is 9.59 Å². The Balaban J connectivity index is 1.71. The number of carbonyl (C=O) groups excluding carboxylic acids is 2. The largest absolute Gasteiger partial charge is 0.338 e. The van der Waals surface area contributed by atoms with Crippen LogP contribution in [0.2, 0.25) is 0 Å². The van der Waals surface area contributed by atoms with Crippen LogP contribution in [0.25, 0.3) is 11.1 Å². The minimum absolute atomic E-state index is 0.000188. The normalized spacial score (nSPS) is 16.9. The number of likely N-dealkylation sites (tertiary alicyclic amines) is 1. The highest BCUT2D eigenvalue weighted by Gasteiger charge is 2.23. The summed E-state index contributed by atoms with van der Waals surface area (Å²) in [6.07, 6.45) is 2.13. The number of nitrogens with zero attached hydrogens (tertiary/aromatic N) is 2. The second kappa shape index (κ2) is 8.35. The monoisotopic (exact) mass is 365 g/mol. The highest BCUT2D eigenvalue weighted by molar-refractivity contribution is 5.95. The lowest BCUT2D eigenvalue weighted by molar-refractivity contribution is -0.116. The molecule has 0 spiro atoms. The fourth-order valence-electron chi connectivity index (χ4n) is 3.49. The van der Waals surface area contributed by atoms with E-state index in [-0.39, 0.29) is 11.8 Å². The molecule has 1 aliphatic rings. The maximum absolute atomic E-state index is 12.7. The summed E-state index contributed by atoms with van der Waals surface area (Å²) in [4.78, 5) is 27.7. The lowest BCUT2D eigenvalue weighted by Crippen LogP contribution is -2.42. The standard InChI is InChI=1S/C22H27N3O2/c1-16(26)24(2)21-11-9-19(10-12-21)18-5-7-20(8-6-18)22(27)25-13-3-4-17(14-23)15-25/h5-12,17H,3-4,13-15,23H2,1-2H3/t17-/m1/s1. The highest BCUT2D eigenvalue weighted by Crippen LogP contribution is 2.24. The van der Waals surface area contributed by atoms with Crippen molar-refractivity contribution in [2.45, 2.75) is 19.8 Å². The van der Waals surface area contributed by atoms with Crippen LogP contribution in [0.5, 0.6) is 0 Å². The highest BCUT2D eigenvalue weighted by atomic mass is 16.2. The van der Waals surface area contributed by atoms with Crippen molar-refractivity contribution in [2.75, 3.05) is 31.6 Å². The average molecular weight is 365 g/mol. The van der Waals surface area contributed by atoms with E-state index >= 15 is 0 Å². The van der Waals surface area contributed by atoms with E-state index < -0.39 is 0 Å². The average Bonchev–Trinajstić information content (AvgIpc) is 2.73. The maximum atomic E-state index is 12.7. The van der Waals surface area contributed by atoms with Crippen LogP contribution in [0, 0.1) is 5.92 Å². The molecule has 0 bridgehead atoms. The van der Waals surface area contributed by atoms with Crippen molar-refractivity contribution < 1.29 is 9.59 Å². The second-order valence-corrected chi connectivity index (χ2v) is 7.20. The van der Waals surface area contributed by atoms with Gasteiger partial charge in [-0.25, -0.2) is 0 Å². The summed E-state index contributed by atoms with van der Waals surface area (Å²) in [6.45, 7) is 3.74. The number of rotatable bonds is 4. The molecule has 1 aliphatic heterocycles. The molecule has 3 rings (SSSR count). The third kappa shape index (κ3) is 4.37. The van der Waals surface area contributed by atoms with E-state index in [0.717, 1.165) is 42.7 Å². The van der Waals surface area contributed by atoms with E-state index in [9.17, 15) is 9.59 Å². The van der Waals surface area contributed by atoms with Gasteiger partial charge >= 0.3 is 0 Å². The van der Waals surface area contributed by atoms with Gasteiger partial charge in [0.1, 0.15) is 0 Å². The zero-order valence-corrected chi connectivity index (χ0v) is 16.0. The molecule has 0 aromatic heterocycles. The Morgan fingerprint density at radius 3 is 2.22 bits per heavy atom. The van der Waals surface area contributed by atoms with Crippen LogP contribution in [-0.4, -0.2) is 43.4 Å². The molecule has 142 valence electrons. The Bertz CT molecular complexity index is 799. The van der Waals surface area contributed by atoms with Crippen LogP contribution >= 0.6 is 0 Å². The number of amides is 2. The Labute approximate surface area is 160 Å². The van der Waals surface area contributed by atoms with Gasteiger partial charge in [-0.2, -0.15) is 0 Å². The molecule has 0 aliphatic carbocycles. The second-order valence-electron chi connectivity index (χ2n) is 7.20. The van der Waals surface area contributed by atoms with Crippen LogP contribution in [0.1, 0.15) is 30.1 Å². The zero-order chi connectivity index (χ0) is 19.4. The van der Waals surface area contributed by atoms with Crippen LogP contribution in [0.15, 0.2) is 48.5 Å². The number of benzene rings is 2. The van der Waals surface area contributed by atoms with Gasteiger partial charge in [0.15, 0.2) is 0 Å². The van der Waals surface area contributed by atoms with Crippen molar-refractivity contribution in [2.24, 2.45) is 11.7 Å². The third-order valence-electron chi connectivity index (χ3n) is 5.33. The SMILES string of the molecule is CC(=O)N(C)c1ccc(-c2ccc(C(=O)N3CCC[C@H](CN)C3)cc2)cc1. The Hall–Kier alpha value is -2.66. The number of piperidine rings is 1. The summed E-state index contributed by atoms with van der Waals surface area (Å²) in [6, 6.07) is 15.6. The minimum Gasteiger partial charge on any atom is -0.338 e. The van der Waals surface area contributed by atoms with Crippen molar-refractivity contribution in [1.29, 1.82) is 0 Å². The van der Waals surface area contributed by atoms with Gasteiger partial charge < -0.3 is 15.5 Å². The number of hydrogen-bond donors (Lipinski definition) is 1. The molecule has 0 radical (unpaired) electrons. The summed E-state index contributed by atoms with van der Waals surface area (Å²) in [5.74, 6) is 0.493. The van der Waals surface area contributed by atoms with Crippen LogP contribution in [-0.2, 0) is 4.79 Å². The third-order valence-corrected chi connectivity index (χ3v) is 5.33. The Morgan fingerprint density at radius 1 is 1.07 bits per heavy atom. The van der Waals surface area contributed by atoms with Gasteiger partial charge in [0.25, 0.3) is 5.91 Å². The minimum atomic E-state index is 0.000188. The van der Waals surface area contributed by atoms with E-state index in [2.05, 4.69) is 0 Å². The number of carbonyl (C=O) groups is 2. The summed E-state index contributed by atoms with van der Waals surface area (Å²) in [5.41, 5.74) is 9.44. The first kappa shape index (κ1) is 19.1. The lowest BCUT2D eigenvalue weighted by Gasteiger charge is -2.32. The van der Waals surface area contributed by atoms with E-state index in [1.807, 2.05) is 53.4 Å². The fraction of sp³-hybridized carbons (Fsp3) is 0.364. The van der Waals surface area contributed by atoms with Crippen molar-refractivity contribution >= 4 is 17.5 Å². The first-order valence-corrected chi connectivity index (χ1v) is 9.43. The van der Waals surface area contributed by atoms with Crippen molar-refractivity contribution in [3.05, 3.63) is 54.1 Å². The summed E-state index contributed by atoms with van der Waals surface area (Å²) in [7, 11) is 1.76. The van der Waals surface area contributed by atoms with Crippen LogP contribution < -0.4 is 10.6 Å². The predicted molar refractivity (Wildman–Crippen MR) is 109 cm³/mol. The molecule has 1 fully saturated rings. The zero-order valence-electron chi connectivity index (χ0n) is 16.0. The molecule has 5 nitrogen and oxygen atoms in total. The van der Waals surface area contributed by atoms with E-state index in [0.29, 0.717) is 18.0 Å². The van der Waals surface area contributed by atoms with Crippen molar-refractivity contribution in [1.82, 2.24) is 4.90 Å². The molecule has 2 amide bonds. The Morgan fingerprint density at radius 2 is 1.67 bits per heavy atom. The summed E-state index contributed by atoms with van der Waals surface area (Å²) in [5, 5.41) is 0. The van der Waals surface area contributed by atoms with Crippen LogP contribution in [0.3, 0.4) is 0 Å². The first-order valence-electron chi connectivity index (χ1n) is 9.43. The molecular weight excluding hydrogens is 338 g/mol. The van der Waals surface area contributed by atoms with Crippen molar-refractivity contribution in [3.8, 4) is 11.1 Å². The quantitative estimate of drug-likeness (QED) is 0.905. The van der Waals surface area contributed by atoms with Gasteiger partial charge in [0.05, 0.1) is 0 Å². The molecule has 0 saturated carbocycles. The molecule has 1 atom stereocenters. The van der Waals surface area contributed by atoms with E-state index in [4.69, 9.17) is 5.73 Å². The molecule has 2 aromatic rings. The number of nitrogens with two attached hydrogens (primary N) is 1. The molecule has 2 N–H and O–H groups in total. The smallest absolute Gasteiger partial charge is 0.253 e. The lowest BCUT2D eigenvalue weighted by atomic mass is 9.97. The maximum Gasteiger partial charge on any atom is 0.253 e. The van der Waals surface area contributed by atoms with Crippen molar-refractivity contribution in [3.63, 3.8) is 0 Å². The van der Waals surface area contributed by atoms with E-state index in [1.54, 1.807) is 18.9 Å². The fourth-order valence-corrected chi connectivity index (χ4v) is 3.49. The molecule has 1 saturated heterocycles. The van der Waals surface area contributed by atoms with Crippen LogP contribution in [0.4, 0.5) is 5.69 Å². The molecule has 0 unspecified atom stereocenters. The molecule has 1 heterocycles. The van der Waals surface area contributed by atoms with Gasteiger partial charge in [-0.1, -0.05) is 24.3 Å². The molecule has 5 heteroatoms. The summed E-state index contributed by atoms with van der Waals surface area (Å²) >= 11 is 0. The van der Waals surface area contributed by atoms with Gasteiger partial charge in [-0.05, 0) is 60.7 Å². The molecule has 2 aromatic carbocycles. The first-order chi connectivity index (χ1) is 13.0. The predicted octanol–water partition coefficient (Wildman–Crippen LogP) is 3.15. The summed E-state index contributed by atoms with van der Waals surface area (Å²) < 4.78 is 0. The number of hydrogen-bond acceptors (Lipinski definition) is 3. The van der Waals surface area contributed by atoms with E-state index in [1.165, 1.54) is 0 Å². The Kier molecular flexibility index (Phi) is 5.91.